The van der Waals surface area contributed by atoms with E-state index in [4.69, 9.17) is 4.98 Å². The van der Waals surface area contributed by atoms with Gasteiger partial charge in [-0.15, -0.1) is 0 Å². The lowest BCUT2D eigenvalue weighted by Crippen LogP contribution is -2.41. The van der Waals surface area contributed by atoms with Crippen molar-refractivity contribution in [2.24, 2.45) is 13.0 Å². The Bertz CT molecular complexity index is 1130. The molecular formula is C22H29N5O2. The van der Waals surface area contributed by atoms with Crippen LogP contribution in [0.1, 0.15) is 32.3 Å². The van der Waals surface area contributed by atoms with Crippen LogP contribution in [0.2, 0.25) is 0 Å². The zero-order valence-electron chi connectivity index (χ0n) is 17.5. The fourth-order valence-corrected chi connectivity index (χ4v) is 4.22. The first-order valence-corrected chi connectivity index (χ1v) is 10.5. The minimum absolute atomic E-state index is 0.215. The van der Waals surface area contributed by atoms with E-state index in [0.717, 1.165) is 44.8 Å². The van der Waals surface area contributed by atoms with Gasteiger partial charge in [-0.05, 0) is 24.3 Å². The molecule has 1 aliphatic heterocycles. The summed E-state index contributed by atoms with van der Waals surface area (Å²) >= 11 is 0. The lowest BCUT2D eigenvalue weighted by molar-refractivity contribution is 0.436. The molecule has 1 unspecified atom stereocenters. The number of unbranched alkanes of at least 4 members (excludes halogenated alkanes) is 1. The zero-order chi connectivity index (χ0) is 20.5. The second-order valence-corrected chi connectivity index (χ2v) is 8.13. The summed E-state index contributed by atoms with van der Waals surface area (Å²) in [5.74, 6) is 1.20. The third-order valence-electron chi connectivity index (χ3n) is 5.77. The minimum atomic E-state index is -0.282. The van der Waals surface area contributed by atoms with E-state index >= 15 is 0 Å². The Morgan fingerprint density at radius 1 is 1.10 bits per heavy atom. The first-order valence-electron chi connectivity index (χ1n) is 10.5. The van der Waals surface area contributed by atoms with Gasteiger partial charge in [0.05, 0.1) is 0 Å². The molecule has 0 radical (unpaired) electrons. The van der Waals surface area contributed by atoms with E-state index in [2.05, 4.69) is 43.0 Å². The van der Waals surface area contributed by atoms with Gasteiger partial charge in [-0.2, -0.15) is 4.98 Å². The van der Waals surface area contributed by atoms with Gasteiger partial charge in [0.25, 0.3) is 5.56 Å². The zero-order valence-corrected chi connectivity index (χ0v) is 17.5. The van der Waals surface area contributed by atoms with E-state index < -0.39 is 0 Å². The van der Waals surface area contributed by atoms with Crippen molar-refractivity contribution in [1.82, 2.24) is 18.7 Å². The monoisotopic (exact) mass is 395 g/mol. The number of fused-ring (bicyclic) bond motifs is 3. The van der Waals surface area contributed by atoms with Crippen molar-refractivity contribution in [3.05, 3.63) is 56.7 Å². The molecule has 0 saturated heterocycles. The molecule has 3 heterocycles. The van der Waals surface area contributed by atoms with Crippen LogP contribution in [-0.4, -0.2) is 31.8 Å². The summed E-state index contributed by atoms with van der Waals surface area (Å²) in [6.07, 6.45) is 2.65. The second kappa shape index (κ2) is 7.89. The van der Waals surface area contributed by atoms with E-state index in [9.17, 15) is 9.59 Å². The third-order valence-corrected chi connectivity index (χ3v) is 5.77. The molecule has 1 aromatic carbocycles. The number of aryl methyl sites for hydroxylation is 1. The van der Waals surface area contributed by atoms with Gasteiger partial charge < -0.3 is 9.47 Å². The van der Waals surface area contributed by atoms with Crippen LogP contribution in [0.5, 0.6) is 0 Å². The lowest BCUT2D eigenvalue weighted by Gasteiger charge is -2.33. The number of imidazole rings is 1. The van der Waals surface area contributed by atoms with Gasteiger partial charge in [0.15, 0.2) is 11.2 Å². The van der Waals surface area contributed by atoms with Gasteiger partial charge in [-0.3, -0.25) is 13.9 Å². The van der Waals surface area contributed by atoms with Crippen LogP contribution >= 0.6 is 0 Å². The number of nitrogens with zero attached hydrogens (tertiary/aromatic N) is 5. The molecule has 0 N–H and O–H groups in total. The molecule has 3 aromatic rings. The summed E-state index contributed by atoms with van der Waals surface area (Å²) in [6, 6.07) is 10.4. The van der Waals surface area contributed by atoms with Crippen LogP contribution in [0.15, 0.2) is 39.9 Å². The highest BCUT2D eigenvalue weighted by Crippen LogP contribution is 2.27. The van der Waals surface area contributed by atoms with Gasteiger partial charge in [0.2, 0.25) is 5.95 Å². The number of aromatic nitrogens is 4. The number of hydrogen-bond acceptors (Lipinski definition) is 4. The maximum atomic E-state index is 13.2. The van der Waals surface area contributed by atoms with E-state index in [1.54, 1.807) is 7.05 Å². The molecule has 2 aromatic heterocycles. The number of rotatable bonds is 6. The highest BCUT2D eigenvalue weighted by atomic mass is 16.2. The van der Waals surface area contributed by atoms with Gasteiger partial charge in [-0.25, -0.2) is 4.79 Å². The molecule has 1 aliphatic rings. The van der Waals surface area contributed by atoms with Crippen molar-refractivity contribution >= 4 is 17.1 Å². The molecule has 154 valence electrons. The minimum Gasteiger partial charge on any atom is -0.342 e. The van der Waals surface area contributed by atoms with Crippen molar-refractivity contribution in [2.75, 3.05) is 18.0 Å². The maximum Gasteiger partial charge on any atom is 0.332 e. The molecule has 0 saturated carbocycles. The molecule has 0 bridgehead atoms. The van der Waals surface area contributed by atoms with Crippen molar-refractivity contribution in [3.8, 4) is 0 Å². The van der Waals surface area contributed by atoms with E-state index in [1.807, 2.05) is 10.6 Å². The fourth-order valence-electron chi connectivity index (χ4n) is 4.22. The quantitative estimate of drug-likeness (QED) is 0.643. The fraction of sp³-hybridized carbons (Fsp3) is 0.500. The number of benzene rings is 1. The van der Waals surface area contributed by atoms with Crippen LogP contribution in [0.4, 0.5) is 5.95 Å². The van der Waals surface area contributed by atoms with Crippen LogP contribution in [0.25, 0.3) is 11.2 Å². The highest BCUT2D eigenvalue weighted by molar-refractivity contribution is 5.75. The molecular weight excluding hydrogens is 366 g/mol. The van der Waals surface area contributed by atoms with Gasteiger partial charge >= 0.3 is 5.69 Å². The number of hydrogen-bond donors (Lipinski definition) is 0. The molecule has 1 atom stereocenters. The third kappa shape index (κ3) is 3.50. The standard InChI is InChI=1S/C22H29N5O2/c1-4-5-12-26-20(28)18-19(24(3)22(26)29)23-21-25(14-16(2)15-27(18)21)13-11-17-9-7-6-8-10-17/h6-10,16H,4-5,11-15H2,1-3H3. The largest absolute Gasteiger partial charge is 0.342 e. The summed E-state index contributed by atoms with van der Waals surface area (Å²) in [5, 5.41) is 0. The maximum absolute atomic E-state index is 13.2. The average Bonchev–Trinajstić information content (AvgIpc) is 3.11. The molecule has 7 heteroatoms. The van der Waals surface area contributed by atoms with Gasteiger partial charge in [0, 0.05) is 33.2 Å². The Morgan fingerprint density at radius 2 is 1.86 bits per heavy atom. The molecule has 4 rings (SSSR count). The van der Waals surface area contributed by atoms with E-state index in [1.165, 1.54) is 14.7 Å². The number of anilines is 1. The van der Waals surface area contributed by atoms with Crippen molar-refractivity contribution < 1.29 is 0 Å². The Kier molecular flexibility index (Phi) is 5.30. The van der Waals surface area contributed by atoms with Crippen LogP contribution in [-0.2, 0) is 26.6 Å². The Hall–Kier alpha value is -2.83. The summed E-state index contributed by atoms with van der Waals surface area (Å²) < 4.78 is 4.92. The lowest BCUT2D eigenvalue weighted by atomic mass is 10.1. The van der Waals surface area contributed by atoms with E-state index in [-0.39, 0.29) is 11.2 Å². The first kappa shape index (κ1) is 19.5. The van der Waals surface area contributed by atoms with Crippen molar-refractivity contribution in [2.45, 2.75) is 46.2 Å². The predicted octanol–water partition coefficient (Wildman–Crippen LogP) is 2.40. The molecule has 0 aliphatic carbocycles. The van der Waals surface area contributed by atoms with Crippen LogP contribution < -0.4 is 16.1 Å². The van der Waals surface area contributed by atoms with Crippen molar-refractivity contribution in [3.63, 3.8) is 0 Å². The van der Waals surface area contributed by atoms with Gasteiger partial charge in [-0.1, -0.05) is 50.6 Å². The smallest absolute Gasteiger partial charge is 0.332 e. The summed E-state index contributed by atoms with van der Waals surface area (Å²) in [5.41, 5.74) is 1.82. The van der Waals surface area contributed by atoms with Crippen molar-refractivity contribution in [1.29, 1.82) is 0 Å². The highest BCUT2D eigenvalue weighted by Gasteiger charge is 2.28. The Labute approximate surface area is 170 Å². The molecule has 7 nitrogen and oxygen atoms in total. The average molecular weight is 396 g/mol. The van der Waals surface area contributed by atoms with Crippen LogP contribution in [0.3, 0.4) is 0 Å². The predicted molar refractivity (Wildman–Crippen MR) is 116 cm³/mol. The summed E-state index contributed by atoms with van der Waals surface area (Å²) in [4.78, 5) is 33.0. The van der Waals surface area contributed by atoms with Crippen LogP contribution in [0, 0.1) is 5.92 Å². The Balaban J connectivity index is 1.78. The Morgan fingerprint density at radius 3 is 2.59 bits per heavy atom. The molecule has 29 heavy (non-hydrogen) atoms. The normalized spacial score (nSPS) is 16.4. The summed E-state index contributed by atoms with van der Waals surface area (Å²) in [6.45, 7) is 7.17. The molecule has 0 spiro atoms. The SMILES string of the molecule is CCCCn1c(=O)c2c(nc3n2CC(C)CN3CCc2ccccc2)n(C)c1=O. The first-order chi connectivity index (χ1) is 14.0. The summed E-state index contributed by atoms with van der Waals surface area (Å²) in [7, 11) is 1.71. The topological polar surface area (TPSA) is 65.1 Å². The van der Waals surface area contributed by atoms with Gasteiger partial charge in [0.1, 0.15) is 0 Å². The molecule has 0 fully saturated rings. The second-order valence-electron chi connectivity index (χ2n) is 8.13. The van der Waals surface area contributed by atoms with E-state index in [0.29, 0.717) is 23.6 Å². The molecule has 0 amide bonds.